The van der Waals surface area contributed by atoms with Gasteiger partial charge in [0.2, 0.25) is 0 Å². The second-order valence-electron chi connectivity index (χ2n) is 2.30. The molecule has 1 rings (SSSR count). The minimum Gasteiger partial charge on any atom is -0.292 e. The first-order valence-electron chi connectivity index (χ1n) is 10.2. The van der Waals surface area contributed by atoms with Gasteiger partial charge in [-0.1, -0.05) is 36.1 Å². The van der Waals surface area contributed by atoms with E-state index in [1.165, 1.54) is 0 Å². The summed E-state index contributed by atoms with van der Waals surface area (Å²) in [4.78, 5) is -0.173. The van der Waals surface area contributed by atoms with E-state index in [0.717, 1.165) is 6.92 Å². The van der Waals surface area contributed by atoms with Gasteiger partial charge in [0.15, 0.2) is 0 Å². The Labute approximate surface area is 105 Å². The van der Waals surface area contributed by atoms with E-state index >= 15 is 0 Å². The first-order chi connectivity index (χ1) is 11.9. The molecule has 1 nitrogen and oxygen atoms in total. The molecule has 0 heterocycles. The summed E-state index contributed by atoms with van der Waals surface area (Å²) in [5.74, 6) is 1.55. The van der Waals surface area contributed by atoms with E-state index in [1.807, 2.05) is 0 Å². The average molecular weight is 200 g/mol. The lowest BCUT2D eigenvalue weighted by Crippen LogP contribution is -2.31. The van der Waals surface area contributed by atoms with Gasteiger partial charge in [0, 0.05) is 14.2 Å². The number of nitrogens with zero attached hydrogens (tertiary/aromatic N) is 1. The Balaban J connectivity index is 3.89. The summed E-state index contributed by atoms with van der Waals surface area (Å²) in [7, 11) is 0. The van der Waals surface area contributed by atoms with Crippen LogP contribution < -0.4 is 0 Å². The number of hydrogen-bond acceptors (Lipinski definition) is 1. The van der Waals surface area contributed by atoms with Crippen molar-refractivity contribution in [3.63, 3.8) is 0 Å². The first-order valence-corrected chi connectivity index (χ1v) is 3.71. The molecular formula is C13H17N. The highest BCUT2D eigenvalue weighted by atomic mass is 15.1. The maximum Gasteiger partial charge on any atom is 0.0626 e. The van der Waals surface area contributed by atoms with E-state index in [-0.39, 0.29) is 4.90 Å². The predicted molar refractivity (Wildman–Crippen MR) is 61.1 cm³/mol. The van der Waals surface area contributed by atoms with E-state index in [0.29, 0.717) is 0 Å². The molecule has 0 unspecified atom stereocenters. The number of benzene rings is 1. The zero-order chi connectivity index (χ0) is 21.7. The molecule has 0 amide bonds. The molecule has 0 aliphatic rings. The molecule has 0 aromatic heterocycles. The van der Waals surface area contributed by atoms with Crippen molar-refractivity contribution < 1.29 is 17.8 Å². The third-order valence-electron chi connectivity index (χ3n) is 1.32. The van der Waals surface area contributed by atoms with Crippen molar-refractivity contribution >= 4 is 0 Å². The summed E-state index contributed by atoms with van der Waals surface area (Å²) >= 11 is 0. The van der Waals surface area contributed by atoms with E-state index in [4.69, 9.17) is 24.2 Å². The molecule has 0 N–H and O–H groups in total. The predicted octanol–water partition coefficient (Wildman–Crippen LogP) is 2.18. The molecule has 0 aliphatic carbocycles. The summed E-state index contributed by atoms with van der Waals surface area (Å²) < 4.78 is 101. The zero-order valence-electron chi connectivity index (χ0n) is 20.5. The van der Waals surface area contributed by atoms with Crippen molar-refractivity contribution in [2.75, 3.05) is 13.5 Å². The van der Waals surface area contributed by atoms with Crippen LogP contribution in [0.15, 0.2) is 30.2 Å². The van der Waals surface area contributed by atoms with E-state index in [1.54, 1.807) is 5.92 Å². The molecule has 0 fully saturated rings. The van der Waals surface area contributed by atoms with Crippen LogP contribution in [0.5, 0.6) is 0 Å². The van der Waals surface area contributed by atoms with Gasteiger partial charge in [-0.25, -0.2) is 0 Å². The molecular weight excluding hydrogens is 170 g/mol. The monoisotopic (exact) mass is 200 g/mol. The van der Waals surface area contributed by atoms with Gasteiger partial charge < -0.3 is 0 Å². The maximum absolute atomic E-state index is 8.35. The molecule has 1 atom stereocenters. The van der Waals surface area contributed by atoms with Crippen LogP contribution in [0.2, 0.25) is 0 Å². The number of likely N-dealkylation sites (N-methyl/N-ethyl adjacent to an activating group) is 1. The van der Waals surface area contributed by atoms with Gasteiger partial charge in [0.1, 0.15) is 0 Å². The Morgan fingerprint density at radius 1 is 1.71 bits per heavy atom. The lowest BCUT2D eigenvalue weighted by atomic mass is 10.1. The molecule has 0 spiro atoms. The van der Waals surface area contributed by atoms with E-state index in [9.17, 15) is 0 Å². The molecule has 0 saturated carbocycles. The zero-order valence-corrected chi connectivity index (χ0v) is 7.52. The van der Waals surface area contributed by atoms with Crippen LogP contribution in [0.4, 0.5) is 0 Å². The Hall–Kier alpha value is -1.26. The Morgan fingerprint density at radius 2 is 2.43 bits per heavy atom. The Kier molecular flexibility index (Phi) is 1.03. The first kappa shape index (κ1) is 2.65. The molecule has 74 valence electrons. The summed E-state index contributed by atoms with van der Waals surface area (Å²) in [6.45, 7) is -5.75. The van der Waals surface area contributed by atoms with E-state index in [2.05, 4.69) is 0 Å². The fraction of sp³-hybridized carbons (Fsp3) is 0.385. The van der Waals surface area contributed by atoms with Gasteiger partial charge in [-0.2, -0.15) is 0 Å². The SMILES string of the molecule is [2H]c1c([2H])c([2H])c(C([2H])([2H])[C@@]([2H])(C)N(C([2H])([2H])[2H])C([2H])([2H])C#C)c([2H])c1[2H]. The number of hydrogen-bond donors (Lipinski definition) is 0. The fourth-order valence-electron chi connectivity index (χ4n) is 0.698. The summed E-state index contributed by atoms with van der Waals surface area (Å²) in [6.07, 6.45) is 1.81. The van der Waals surface area contributed by atoms with Crippen LogP contribution in [0, 0.1) is 12.3 Å². The smallest absolute Gasteiger partial charge is 0.0626 e. The molecule has 1 aromatic carbocycles. The van der Waals surface area contributed by atoms with Gasteiger partial charge >= 0.3 is 0 Å². The number of terminal acetylenes is 1. The molecule has 0 aliphatic heterocycles. The third kappa shape index (κ3) is 3.24. The highest BCUT2D eigenvalue weighted by Crippen LogP contribution is 2.06. The summed E-state index contributed by atoms with van der Waals surface area (Å²) in [5.41, 5.74) is -0.965. The van der Waals surface area contributed by atoms with Crippen LogP contribution in [0.3, 0.4) is 0 Å². The fourth-order valence-corrected chi connectivity index (χ4v) is 0.698. The van der Waals surface area contributed by atoms with Gasteiger partial charge in [0.25, 0.3) is 0 Å². The highest BCUT2D eigenvalue weighted by molar-refractivity contribution is 5.15. The largest absolute Gasteiger partial charge is 0.292 e. The second-order valence-corrected chi connectivity index (χ2v) is 2.30. The Morgan fingerprint density at radius 3 is 3.00 bits per heavy atom. The third-order valence-corrected chi connectivity index (χ3v) is 1.32. The van der Waals surface area contributed by atoms with Crippen molar-refractivity contribution in [2.24, 2.45) is 0 Å². The van der Waals surface area contributed by atoms with Crippen molar-refractivity contribution in [3.05, 3.63) is 35.8 Å². The van der Waals surface area contributed by atoms with Crippen LogP contribution in [-0.2, 0) is 6.37 Å². The van der Waals surface area contributed by atoms with Gasteiger partial charge in [-0.3, -0.25) is 4.90 Å². The van der Waals surface area contributed by atoms with Crippen LogP contribution >= 0.6 is 0 Å². The molecule has 14 heavy (non-hydrogen) atoms. The lowest BCUT2D eigenvalue weighted by Gasteiger charge is -2.22. The van der Waals surface area contributed by atoms with Crippen LogP contribution in [-0.4, -0.2) is 24.4 Å². The summed E-state index contributed by atoms with van der Waals surface area (Å²) in [5, 5.41) is 0. The quantitative estimate of drug-likeness (QED) is 0.673. The van der Waals surface area contributed by atoms with Crippen molar-refractivity contribution in [1.82, 2.24) is 4.90 Å². The van der Waals surface area contributed by atoms with Crippen LogP contribution in [0.1, 0.15) is 30.3 Å². The summed E-state index contributed by atoms with van der Waals surface area (Å²) in [6, 6.07) is -7.44. The average Bonchev–Trinajstić information content (AvgIpc) is 2.48. The van der Waals surface area contributed by atoms with Gasteiger partial charge in [-0.05, 0) is 25.8 Å². The maximum atomic E-state index is 8.35. The topological polar surface area (TPSA) is 3.24 Å². The van der Waals surface area contributed by atoms with Crippen molar-refractivity contribution in [2.45, 2.75) is 19.3 Å². The van der Waals surface area contributed by atoms with Crippen molar-refractivity contribution in [3.8, 4) is 12.3 Å². The standard InChI is InChI=1S/C13H17N/c1-4-10-14(3)12(2)11-13-8-6-5-7-9-13/h1,5-9,12H,10-11H2,2-3H3/t12-/m1/s1/i3D3,5D,6D,7D,8D,9D,10D2,11D2,12D. The molecule has 1 aromatic rings. The molecule has 1 heteroatoms. The second kappa shape index (κ2) is 5.47. The Bertz CT molecular complexity index is 758. The molecule has 0 bridgehead atoms. The molecule has 0 saturated heterocycles. The van der Waals surface area contributed by atoms with E-state index < -0.39 is 61.6 Å². The van der Waals surface area contributed by atoms with Gasteiger partial charge in [0.05, 0.1) is 16.1 Å². The van der Waals surface area contributed by atoms with Crippen LogP contribution in [0.25, 0.3) is 0 Å². The number of rotatable bonds is 4. The lowest BCUT2D eigenvalue weighted by molar-refractivity contribution is 0.287. The normalized spacial score (nSPS) is 31.1. The van der Waals surface area contributed by atoms with Crippen molar-refractivity contribution in [1.29, 1.82) is 0 Å². The van der Waals surface area contributed by atoms with Gasteiger partial charge in [-0.15, -0.1) is 6.42 Å². The highest BCUT2D eigenvalue weighted by Gasteiger charge is 2.07. The minimum absolute atomic E-state index is 0.173. The molecule has 0 radical (unpaired) electrons. The minimum atomic E-state index is -3.37.